The molecular weight excluding hydrogens is 334 g/mol. The molecule has 0 aliphatic heterocycles. The van der Waals surface area contributed by atoms with Crippen molar-refractivity contribution in [2.45, 2.75) is 57.5 Å². The number of halogens is 2. The molecule has 2 amide bonds. The normalized spacial score (nSPS) is 16.3. The Balaban J connectivity index is 1.68. The van der Waals surface area contributed by atoms with Gasteiger partial charge in [0.25, 0.3) is 6.43 Å². The van der Waals surface area contributed by atoms with Crippen LogP contribution in [0.25, 0.3) is 0 Å². The lowest BCUT2D eigenvalue weighted by molar-refractivity contribution is 0.122. The van der Waals surface area contributed by atoms with E-state index >= 15 is 0 Å². The highest BCUT2D eigenvalue weighted by Gasteiger charge is 2.41. The van der Waals surface area contributed by atoms with Gasteiger partial charge in [-0.05, 0) is 12.8 Å². The van der Waals surface area contributed by atoms with Crippen molar-refractivity contribution >= 4 is 11.7 Å². The molecule has 0 bridgehead atoms. The Morgan fingerprint density at radius 2 is 2.20 bits per heavy atom. The fourth-order valence-corrected chi connectivity index (χ4v) is 3.02. The number of carbonyl (C=O) groups is 1. The average Bonchev–Trinajstić information content (AvgIpc) is 3.27. The number of hydrogen-bond acceptors (Lipinski definition) is 5. The van der Waals surface area contributed by atoms with Gasteiger partial charge in [0.15, 0.2) is 5.82 Å². The van der Waals surface area contributed by atoms with Crippen LogP contribution in [0.4, 0.5) is 19.3 Å². The van der Waals surface area contributed by atoms with Crippen molar-refractivity contribution in [2.75, 3.05) is 5.32 Å². The lowest BCUT2D eigenvalue weighted by Crippen LogP contribution is -2.46. The van der Waals surface area contributed by atoms with Crippen LogP contribution in [0.3, 0.4) is 0 Å². The van der Waals surface area contributed by atoms with Crippen LogP contribution in [0.5, 0.6) is 0 Å². The van der Waals surface area contributed by atoms with E-state index < -0.39 is 24.5 Å². The highest BCUT2D eigenvalue weighted by atomic mass is 19.3. The highest BCUT2D eigenvalue weighted by Crippen LogP contribution is 2.37. The topological polar surface area (TPSA) is 97.9 Å². The highest BCUT2D eigenvalue weighted by molar-refractivity contribution is 5.89. The van der Waals surface area contributed by atoms with Crippen LogP contribution < -0.4 is 10.6 Å². The van der Waals surface area contributed by atoms with Crippen molar-refractivity contribution in [3.63, 3.8) is 0 Å². The minimum absolute atomic E-state index is 0.341. The van der Waals surface area contributed by atoms with Crippen LogP contribution >= 0.6 is 0 Å². The molecule has 2 heterocycles. The summed E-state index contributed by atoms with van der Waals surface area (Å²) in [5.74, 6) is 1.00. The van der Waals surface area contributed by atoms with Gasteiger partial charge in [0, 0.05) is 12.6 Å². The Bertz CT molecular complexity index is 723. The molecule has 2 aromatic heterocycles. The van der Waals surface area contributed by atoms with Gasteiger partial charge in [0.1, 0.15) is 12.1 Å². The van der Waals surface area contributed by atoms with Crippen LogP contribution in [-0.4, -0.2) is 32.4 Å². The van der Waals surface area contributed by atoms with E-state index in [9.17, 15) is 13.6 Å². The van der Waals surface area contributed by atoms with Gasteiger partial charge < -0.3 is 15.2 Å². The molecule has 1 saturated carbocycles. The van der Waals surface area contributed by atoms with E-state index in [1.165, 1.54) is 12.4 Å². The minimum Gasteiger partial charge on any atom is -0.339 e. The first-order valence-corrected chi connectivity index (χ1v) is 8.23. The molecule has 2 N–H and O–H groups in total. The van der Waals surface area contributed by atoms with Crippen LogP contribution in [0.15, 0.2) is 16.9 Å². The van der Waals surface area contributed by atoms with Gasteiger partial charge in [-0.15, -0.1) is 0 Å². The Morgan fingerprint density at radius 3 is 2.84 bits per heavy atom. The van der Waals surface area contributed by atoms with E-state index in [1.54, 1.807) is 0 Å². The molecule has 1 fully saturated rings. The Hall–Kier alpha value is -2.52. The summed E-state index contributed by atoms with van der Waals surface area (Å²) in [6, 6.07) is -0.457. The van der Waals surface area contributed by atoms with E-state index in [2.05, 4.69) is 25.9 Å². The number of amides is 2. The smallest absolute Gasteiger partial charge is 0.320 e. The number of rotatable bonds is 6. The maximum Gasteiger partial charge on any atom is 0.320 e. The molecule has 3 rings (SSSR count). The second-order valence-corrected chi connectivity index (χ2v) is 6.08. The number of anilines is 1. The largest absolute Gasteiger partial charge is 0.339 e. The van der Waals surface area contributed by atoms with E-state index in [4.69, 9.17) is 4.52 Å². The summed E-state index contributed by atoms with van der Waals surface area (Å²) in [6.07, 6.45) is 4.13. The van der Waals surface area contributed by atoms with Gasteiger partial charge in [0.2, 0.25) is 5.89 Å². The van der Waals surface area contributed by atoms with E-state index in [1.807, 2.05) is 6.92 Å². The van der Waals surface area contributed by atoms with Gasteiger partial charge >= 0.3 is 6.03 Å². The molecule has 0 saturated heterocycles. The number of aromatic nitrogens is 4. The fraction of sp³-hybridized carbons (Fsp3) is 0.600. The molecule has 136 valence electrons. The van der Waals surface area contributed by atoms with Crippen molar-refractivity contribution in [3.05, 3.63) is 24.1 Å². The number of aryl methyl sites for hydroxylation is 1. The summed E-state index contributed by atoms with van der Waals surface area (Å²) >= 11 is 0. The molecule has 0 aromatic carbocycles. The number of nitrogens with one attached hydrogen (secondary N) is 2. The van der Waals surface area contributed by atoms with Crippen molar-refractivity contribution in [1.29, 1.82) is 0 Å². The first-order valence-electron chi connectivity index (χ1n) is 8.23. The molecular formula is C15H20F2N6O2. The van der Waals surface area contributed by atoms with Crippen LogP contribution in [0.2, 0.25) is 0 Å². The third kappa shape index (κ3) is 3.94. The van der Waals surface area contributed by atoms with E-state index in [-0.39, 0.29) is 0 Å². The third-order valence-corrected chi connectivity index (χ3v) is 4.22. The van der Waals surface area contributed by atoms with Gasteiger partial charge in [-0.25, -0.2) is 13.6 Å². The summed E-state index contributed by atoms with van der Waals surface area (Å²) in [5, 5.41) is 13.3. The minimum atomic E-state index is -2.51. The van der Waals surface area contributed by atoms with Crippen molar-refractivity contribution in [3.8, 4) is 0 Å². The summed E-state index contributed by atoms with van der Waals surface area (Å²) in [7, 11) is 0. The molecule has 0 radical (unpaired) electrons. The zero-order valence-corrected chi connectivity index (χ0v) is 13.8. The number of alkyl halides is 2. The van der Waals surface area contributed by atoms with Crippen LogP contribution in [0, 0.1) is 0 Å². The first kappa shape index (κ1) is 17.3. The summed E-state index contributed by atoms with van der Waals surface area (Å²) in [4.78, 5) is 16.7. The number of hydrogen-bond donors (Lipinski definition) is 2. The molecule has 1 aliphatic carbocycles. The summed E-state index contributed by atoms with van der Waals surface area (Å²) in [5.41, 5.74) is -0.325. The molecule has 8 nitrogen and oxygen atoms in total. The van der Waals surface area contributed by atoms with Crippen LogP contribution in [0.1, 0.15) is 44.3 Å². The van der Waals surface area contributed by atoms with Gasteiger partial charge in [-0.3, -0.25) is 4.68 Å². The molecule has 0 atom stereocenters. The van der Waals surface area contributed by atoms with Gasteiger partial charge in [-0.1, -0.05) is 24.9 Å². The van der Waals surface area contributed by atoms with Gasteiger partial charge in [-0.2, -0.15) is 10.1 Å². The second-order valence-electron chi connectivity index (χ2n) is 6.08. The number of carbonyl (C=O) groups excluding carboxylic acids is 1. The molecule has 1 aliphatic rings. The standard InChI is InChI=1S/C15H20F2N6O2/c1-2-12-20-13(22-25-12)15(5-3-4-6-15)21-14(24)19-10-7-18-23(8-10)9-11(16)17/h7-8,11H,2-6,9H2,1H3,(H2,19,21,24). The summed E-state index contributed by atoms with van der Waals surface area (Å²) in [6.45, 7) is 1.39. The molecule has 0 spiro atoms. The Labute approximate surface area is 143 Å². The van der Waals surface area contributed by atoms with E-state index in [0.29, 0.717) is 36.7 Å². The molecule has 2 aromatic rings. The SMILES string of the molecule is CCc1nc(C2(NC(=O)Nc3cnn(CC(F)F)c3)CCCC2)no1. The number of urea groups is 1. The monoisotopic (exact) mass is 354 g/mol. The van der Waals surface area contributed by atoms with Crippen LogP contribution in [-0.2, 0) is 18.5 Å². The predicted molar refractivity (Wildman–Crippen MR) is 84.2 cm³/mol. The maximum absolute atomic E-state index is 12.4. The van der Waals surface area contributed by atoms with E-state index in [0.717, 1.165) is 17.5 Å². The zero-order valence-electron chi connectivity index (χ0n) is 13.8. The average molecular weight is 354 g/mol. The van der Waals surface area contributed by atoms with Gasteiger partial charge in [0.05, 0.1) is 11.9 Å². The fourth-order valence-electron chi connectivity index (χ4n) is 3.02. The molecule has 25 heavy (non-hydrogen) atoms. The van der Waals surface area contributed by atoms with Crippen molar-refractivity contribution < 1.29 is 18.1 Å². The number of nitrogens with zero attached hydrogens (tertiary/aromatic N) is 4. The van der Waals surface area contributed by atoms with Crippen molar-refractivity contribution in [2.24, 2.45) is 0 Å². The second kappa shape index (κ2) is 7.16. The first-order chi connectivity index (χ1) is 12.0. The quantitative estimate of drug-likeness (QED) is 0.831. The Morgan fingerprint density at radius 1 is 1.44 bits per heavy atom. The van der Waals surface area contributed by atoms with Crippen molar-refractivity contribution in [1.82, 2.24) is 25.2 Å². The Kier molecular flexibility index (Phi) is 4.95. The zero-order chi connectivity index (χ0) is 17.9. The lowest BCUT2D eigenvalue weighted by atomic mass is 9.97. The molecule has 10 heteroatoms. The predicted octanol–water partition coefficient (Wildman–Crippen LogP) is 2.68. The summed E-state index contributed by atoms with van der Waals surface area (Å²) < 4.78 is 31.0. The maximum atomic E-state index is 12.4. The third-order valence-electron chi connectivity index (χ3n) is 4.22. The molecule has 0 unspecified atom stereocenters. The lowest BCUT2D eigenvalue weighted by Gasteiger charge is -2.26.